The van der Waals surface area contributed by atoms with E-state index in [1.54, 1.807) is 6.92 Å². The second-order valence-corrected chi connectivity index (χ2v) is 4.35. The first-order chi connectivity index (χ1) is 7.66. The molecule has 1 heterocycles. The molecule has 1 aromatic rings. The van der Waals surface area contributed by atoms with Crippen molar-refractivity contribution in [2.45, 2.75) is 45.4 Å². The number of hydrogen-bond acceptors (Lipinski definition) is 3. The van der Waals surface area contributed by atoms with Gasteiger partial charge in [0.15, 0.2) is 0 Å². The van der Waals surface area contributed by atoms with Crippen molar-refractivity contribution in [2.75, 3.05) is 0 Å². The Morgan fingerprint density at radius 1 is 1.38 bits per heavy atom. The first-order valence-electron chi connectivity index (χ1n) is 5.77. The molecule has 0 aliphatic heterocycles. The number of rotatable bonds is 3. The first kappa shape index (κ1) is 11.0. The number of aryl methyl sites for hydroxylation is 2. The lowest BCUT2D eigenvalue weighted by Crippen LogP contribution is -2.21. The predicted octanol–water partition coefficient (Wildman–Crippen LogP) is 1.17. The van der Waals surface area contributed by atoms with Crippen LogP contribution in [0.3, 0.4) is 0 Å². The minimum Gasteiger partial charge on any atom is -0.310 e. The summed E-state index contributed by atoms with van der Waals surface area (Å²) in [7, 11) is 0. The van der Waals surface area contributed by atoms with Crippen LogP contribution in [-0.4, -0.2) is 15.8 Å². The Bertz CT molecular complexity index is 463. The average Bonchev–Trinajstić information content (AvgIpc) is 2.25. The average molecular weight is 220 g/mol. The number of carbonyl (C=O) groups is 1. The van der Waals surface area contributed by atoms with Gasteiger partial charge >= 0.3 is 5.69 Å². The van der Waals surface area contributed by atoms with Gasteiger partial charge in [-0.1, -0.05) is 0 Å². The molecular weight excluding hydrogens is 204 g/mol. The Morgan fingerprint density at radius 2 is 2.12 bits per heavy atom. The number of Topliss-reactive ketones (excluding diaryl/α,β-unsaturated/α-hetero) is 1. The second-order valence-electron chi connectivity index (χ2n) is 4.35. The number of fused-ring (bicyclic) bond motifs is 1. The quantitative estimate of drug-likeness (QED) is 0.831. The largest absolute Gasteiger partial charge is 0.345 e. The third-order valence-corrected chi connectivity index (χ3v) is 3.02. The van der Waals surface area contributed by atoms with Gasteiger partial charge in [0.05, 0.1) is 5.69 Å². The third kappa shape index (κ3) is 2.38. The number of nitrogens with one attached hydrogen (secondary N) is 1. The maximum atomic E-state index is 11.4. The topological polar surface area (TPSA) is 62.8 Å². The highest BCUT2D eigenvalue weighted by Gasteiger charge is 2.15. The number of hydrogen-bond donors (Lipinski definition) is 1. The van der Waals surface area contributed by atoms with E-state index in [1.165, 1.54) is 5.56 Å². The minimum absolute atomic E-state index is 0.145. The molecule has 0 saturated heterocycles. The SMILES string of the molecule is CC(=O)CCc1nc(=O)[nH]c2c1CCCC2. The van der Waals surface area contributed by atoms with Crippen molar-refractivity contribution in [1.82, 2.24) is 9.97 Å². The molecule has 4 heteroatoms. The summed E-state index contributed by atoms with van der Waals surface area (Å²) >= 11 is 0. The van der Waals surface area contributed by atoms with Gasteiger partial charge in [0, 0.05) is 12.1 Å². The predicted molar refractivity (Wildman–Crippen MR) is 60.5 cm³/mol. The van der Waals surface area contributed by atoms with Gasteiger partial charge in [0.1, 0.15) is 5.78 Å². The van der Waals surface area contributed by atoms with Crippen LogP contribution in [0.25, 0.3) is 0 Å². The smallest absolute Gasteiger partial charge is 0.310 e. The monoisotopic (exact) mass is 220 g/mol. The molecular formula is C12H16N2O2. The van der Waals surface area contributed by atoms with Crippen molar-refractivity contribution in [3.05, 3.63) is 27.4 Å². The third-order valence-electron chi connectivity index (χ3n) is 3.02. The maximum absolute atomic E-state index is 11.4. The summed E-state index contributed by atoms with van der Waals surface area (Å²) in [5.41, 5.74) is 2.75. The van der Waals surface area contributed by atoms with Crippen LogP contribution in [0, 0.1) is 0 Å². The van der Waals surface area contributed by atoms with E-state index in [-0.39, 0.29) is 11.5 Å². The lowest BCUT2D eigenvalue weighted by Gasteiger charge is -2.17. The van der Waals surface area contributed by atoms with Crippen molar-refractivity contribution in [3.63, 3.8) is 0 Å². The fourth-order valence-electron chi connectivity index (χ4n) is 2.21. The van der Waals surface area contributed by atoms with Crippen LogP contribution in [-0.2, 0) is 24.1 Å². The maximum Gasteiger partial charge on any atom is 0.345 e. The lowest BCUT2D eigenvalue weighted by atomic mass is 9.93. The molecule has 1 aromatic heterocycles. The summed E-state index contributed by atoms with van der Waals surface area (Å²) in [4.78, 5) is 29.1. The van der Waals surface area contributed by atoms with Gasteiger partial charge in [-0.15, -0.1) is 0 Å². The van der Waals surface area contributed by atoms with Crippen molar-refractivity contribution < 1.29 is 4.79 Å². The van der Waals surface area contributed by atoms with E-state index in [0.717, 1.165) is 37.1 Å². The van der Waals surface area contributed by atoms with Crippen LogP contribution in [0.5, 0.6) is 0 Å². The molecule has 0 radical (unpaired) electrons. The molecule has 0 bridgehead atoms. The Labute approximate surface area is 94.1 Å². The molecule has 2 rings (SSSR count). The van der Waals surface area contributed by atoms with Gasteiger partial charge in [-0.2, -0.15) is 4.98 Å². The number of nitrogens with zero attached hydrogens (tertiary/aromatic N) is 1. The van der Waals surface area contributed by atoms with E-state index in [1.807, 2.05) is 0 Å². The van der Waals surface area contributed by atoms with Gasteiger partial charge in [-0.3, -0.25) is 0 Å². The molecule has 16 heavy (non-hydrogen) atoms. The zero-order chi connectivity index (χ0) is 11.5. The zero-order valence-corrected chi connectivity index (χ0v) is 9.51. The molecule has 0 spiro atoms. The number of H-pyrrole nitrogens is 1. The standard InChI is InChI=1S/C12H16N2O2/c1-8(15)6-7-11-9-4-2-3-5-10(9)13-12(16)14-11/h2-7H2,1H3,(H,13,14,16). The highest BCUT2D eigenvalue weighted by molar-refractivity contribution is 5.75. The van der Waals surface area contributed by atoms with Crippen LogP contribution in [0.1, 0.15) is 43.1 Å². The summed E-state index contributed by atoms with van der Waals surface area (Å²) in [6, 6.07) is 0. The fourth-order valence-corrected chi connectivity index (χ4v) is 2.21. The molecule has 86 valence electrons. The molecule has 0 unspecified atom stereocenters. The van der Waals surface area contributed by atoms with E-state index in [0.29, 0.717) is 12.8 Å². The normalized spacial score (nSPS) is 14.6. The molecule has 4 nitrogen and oxygen atoms in total. The van der Waals surface area contributed by atoms with Gasteiger partial charge in [0.25, 0.3) is 0 Å². The van der Waals surface area contributed by atoms with E-state index < -0.39 is 0 Å². The molecule has 0 saturated carbocycles. The highest BCUT2D eigenvalue weighted by atomic mass is 16.1. The summed E-state index contributed by atoms with van der Waals surface area (Å²) in [5, 5.41) is 0. The number of ketones is 1. The summed E-state index contributed by atoms with van der Waals surface area (Å²) in [5.74, 6) is 0.145. The molecule has 1 aliphatic rings. The first-order valence-corrected chi connectivity index (χ1v) is 5.77. The Hall–Kier alpha value is -1.45. The van der Waals surface area contributed by atoms with E-state index in [9.17, 15) is 9.59 Å². The summed E-state index contributed by atoms with van der Waals surface area (Å²) in [6.07, 6.45) is 5.25. The second kappa shape index (κ2) is 4.60. The van der Waals surface area contributed by atoms with Crippen molar-refractivity contribution >= 4 is 5.78 Å². The van der Waals surface area contributed by atoms with Crippen molar-refractivity contribution in [1.29, 1.82) is 0 Å². The number of aromatic amines is 1. The molecule has 0 aromatic carbocycles. The molecule has 0 atom stereocenters. The highest BCUT2D eigenvalue weighted by Crippen LogP contribution is 2.21. The zero-order valence-electron chi connectivity index (χ0n) is 9.51. The van der Waals surface area contributed by atoms with Gasteiger partial charge in [-0.05, 0) is 44.6 Å². The van der Waals surface area contributed by atoms with Crippen LogP contribution in [0.15, 0.2) is 4.79 Å². The lowest BCUT2D eigenvalue weighted by molar-refractivity contribution is -0.117. The van der Waals surface area contributed by atoms with Crippen molar-refractivity contribution in [3.8, 4) is 0 Å². The van der Waals surface area contributed by atoms with Gasteiger partial charge < -0.3 is 9.78 Å². The molecule has 1 N–H and O–H groups in total. The fraction of sp³-hybridized carbons (Fsp3) is 0.583. The Kier molecular flexibility index (Phi) is 3.17. The number of aromatic nitrogens is 2. The summed E-state index contributed by atoms with van der Waals surface area (Å²) < 4.78 is 0. The van der Waals surface area contributed by atoms with Crippen LogP contribution in [0.2, 0.25) is 0 Å². The van der Waals surface area contributed by atoms with E-state index in [2.05, 4.69) is 9.97 Å². The summed E-state index contributed by atoms with van der Waals surface area (Å²) in [6.45, 7) is 1.57. The molecule has 0 fully saturated rings. The van der Waals surface area contributed by atoms with Crippen LogP contribution < -0.4 is 5.69 Å². The Balaban J connectivity index is 2.32. The van der Waals surface area contributed by atoms with Crippen LogP contribution in [0.4, 0.5) is 0 Å². The van der Waals surface area contributed by atoms with Gasteiger partial charge in [-0.25, -0.2) is 4.79 Å². The van der Waals surface area contributed by atoms with E-state index >= 15 is 0 Å². The van der Waals surface area contributed by atoms with E-state index in [4.69, 9.17) is 0 Å². The Morgan fingerprint density at radius 3 is 2.88 bits per heavy atom. The van der Waals surface area contributed by atoms with Gasteiger partial charge in [0.2, 0.25) is 0 Å². The van der Waals surface area contributed by atoms with Crippen LogP contribution >= 0.6 is 0 Å². The number of carbonyl (C=O) groups excluding carboxylic acids is 1. The minimum atomic E-state index is -0.279. The molecule has 0 amide bonds. The van der Waals surface area contributed by atoms with Crippen molar-refractivity contribution in [2.24, 2.45) is 0 Å². The molecule has 1 aliphatic carbocycles.